The first kappa shape index (κ1) is 29.6. The molecule has 0 saturated carbocycles. The number of nitrogens with zero attached hydrogens (tertiary/aromatic N) is 2. The lowest BCUT2D eigenvalue weighted by molar-refractivity contribution is 0.673. The van der Waals surface area contributed by atoms with Crippen LogP contribution in [0.1, 0.15) is 0 Å². The average Bonchev–Trinajstić information content (AvgIpc) is 3.62. The Hall–Kier alpha value is -7.10. The first-order valence-corrected chi connectivity index (χ1v) is 18.0. The Morgan fingerprint density at radius 1 is 0.340 bits per heavy atom. The minimum absolute atomic E-state index is 0.887. The molecule has 246 valence electrons. The van der Waals surface area contributed by atoms with Gasteiger partial charge in [-0.25, -0.2) is 9.97 Å². The van der Waals surface area contributed by atoms with Crippen molar-refractivity contribution in [1.29, 1.82) is 0 Å². The van der Waals surface area contributed by atoms with Crippen molar-refractivity contribution in [2.75, 3.05) is 0 Å². The lowest BCUT2D eigenvalue weighted by atomic mass is 9.91. The predicted octanol–water partition coefficient (Wildman–Crippen LogP) is 13.7. The zero-order valence-electron chi connectivity index (χ0n) is 28.6. The van der Waals surface area contributed by atoms with E-state index in [1.165, 1.54) is 21.9 Å². The van der Waals surface area contributed by atoms with E-state index >= 15 is 0 Å². The Balaban J connectivity index is 1.10. The van der Waals surface area contributed by atoms with Crippen molar-refractivity contribution in [3.63, 3.8) is 0 Å². The van der Waals surface area contributed by atoms with Gasteiger partial charge >= 0.3 is 0 Å². The molecule has 0 spiro atoms. The summed E-state index contributed by atoms with van der Waals surface area (Å²) in [5, 5.41) is 9.09. The van der Waals surface area contributed by atoms with Gasteiger partial charge in [0.2, 0.25) is 0 Å². The van der Waals surface area contributed by atoms with Crippen LogP contribution >= 0.6 is 0 Å². The van der Waals surface area contributed by atoms with Crippen molar-refractivity contribution in [1.82, 2.24) is 9.97 Å². The number of benzene rings is 8. The number of fused-ring (bicyclic) bond motifs is 9. The molecule has 8 aromatic carbocycles. The van der Waals surface area contributed by atoms with Crippen molar-refractivity contribution in [3.05, 3.63) is 182 Å². The second kappa shape index (κ2) is 11.7. The van der Waals surface area contributed by atoms with Gasteiger partial charge < -0.3 is 4.42 Å². The molecule has 11 rings (SSSR count). The Morgan fingerprint density at radius 3 is 1.74 bits per heavy atom. The maximum Gasteiger partial charge on any atom is 0.143 e. The monoisotopic (exact) mass is 674 g/mol. The summed E-state index contributed by atoms with van der Waals surface area (Å²) >= 11 is 0. The third kappa shape index (κ3) is 4.75. The molecule has 0 amide bonds. The molecule has 3 heteroatoms. The van der Waals surface area contributed by atoms with Crippen LogP contribution in [0, 0.1) is 0 Å². The van der Waals surface area contributed by atoms with Gasteiger partial charge in [0.15, 0.2) is 0 Å². The Bertz CT molecular complexity index is 3230. The first-order valence-electron chi connectivity index (χ1n) is 18.0. The summed E-state index contributed by atoms with van der Waals surface area (Å²) < 4.78 is 6.72. The van der Waals surface area contributed by atoms with E-state index in [2.05, 4.69) is 164 Å². The largest absolute Gasteiger partial charge is 0.455 e. The van der Waals surface area contributed by atoms with Crippen LogP contribution in [0.15, 0.2) is 186 Å². The Kier molecular flexibility index (Phi) is 6.55. The molecule has 3 nitrogen and oxygen atoms in total. The van der Waals surface area contributed by atoms with Crippen molar-refractivity contribution in [2.45, 2.75) is 0 Å². The quantitative estimate of drug-likeness (QED) is 0.174. The maximum atomic E-state index is 6.72. The molecule has 53 heavy (non-hydrogen) atoms. The van der Waals surface area contributed by atoms with Crippen LogP contribution in [0.5, 0.6) is 0 Å². The lowest BCUT2D eigenvalue weighted by Crippen LogP contribution is -1.91. The summed E-state index contributed by atoms with van der Waals surface area (Å²) in [5.74, 6) is 0. The van der Waals surface area contributed by atoms with Gasteiger partial charge in [-0.3, -0.25) is 0 Å². The highest BCUT2D eigenvalue weighted by Crippen LogP contribution is 2.44. The summed E-state index contributed by atoms with van der Waals surface area (Å²) in [6.07, 6.45) is 0. The van der Waals surface area contributed by atoms with Gasteiger partial charge in [-0.2, -0.15) is 0 Å². The zero-order chi connectivity index (χ0) is 34.9. The molecule has 3 aromatic heterocycles. The van der Waals surface area contributed by atoms with Gasteiger partial charge in [0.1, 0.15) is 11.2 Å². The molecule has 3 heterocycles. The Morgan fingerprint density at radius 2 is 0.925 bits per heavy atom. The van der Waals surface area contributed by atoms with E-state index in [1.807, 2.05) is 18.2 Å². The van der Waals surface area contributed by atoms with E-state index in [0.29, 0.717) is 0 Å². The van der Waals surface area contributed by atoms with E-state index in [1.54, 1.807) is 0 Å². The lowest BCUT2D eigenvalue weighted by Gasteiger charge is -2.12. The summed E-state index contributed by atoms with van der Waals surface area (Å²) in [6, 6.07) is 64.3. The van der Waals surface area contributed by atoms with Gasteiger partial charge in [-0.15, -0.1) is 0 Å². The first-order chi connectivity index (χ1) is 26.3. The number of hydrogen-bond acceptors (Lipinski definition) is 3. The molecule has 0 bridgehead atoms. The summed E-state index contributed by atoms with van der Waals surface area (Å²) in [5.41, 5.74) is 12.3. The number of pyridine rings is 2. The maximum absolute atomic E-state index is 6.72. The third-order valence-electron chi connectivity index (χ3n) is 10.6. The average molecular weight is 675 g/mol. The van der Waals surface area contributed by atoms with Gasteiger partial charge in [0, 0.05) is 38.1 Å². The van der Waals surface area contributed by atoms with Crippen molar-refractivity contribution >= 4 is 65.3 Å². The van der Waals surface area contributed by atoms with Gasteiger partial charge in [-0.05, 0) is 68.7 Å². The number of hydrogen-bond donors (Lipinski definition) is 0. The normalized spacial score (nSPS) is 11.8. The number of rotatable bonds is 4. The molecule has 0 fully saturated rings. The van der Waals surface area contributed by atoms with E-state index in [9.17, 15) is 0 Å². The van der Waals surface area contributed by atoms with Crippen LogP contribution in [0.4, 0.5) is 0 Å². The van der Waals surface area contributed by atoms with E-state index in [4.69, 9.17) is 14.4 Å². The molecular formula is C50H30N2O. The highest BCUT2D eigenvalue weighted by Gasteiger charge is 2.19. The van der Waals surface area contributed by atoms with Crippen molar-refractivity contribution in [2.24, 2.45) is 0 Å². The molecule has 0 saturated heterocycles. The fraction of sp³-hybridized carbons (Fsp3) is 0. The second-order valence-electron chi connectivity index (χ2n) is 13.7. The van der Waals surface area contributed by atoms with Gasteiger partial charge in [0.25, 0.3) is 0 Å². The third-order valence-corrected chi connectivity index (χ3v) is 10.6. The Labute approximate surface area is 305 Å². The molecule has 0 aliphatic rings. The predicted molar refractivity (Wildman–Crippen MR) is 221 cm³/mol. The van der Waals surface area contributed by atoms with Crippen LogP contribution in [0.2, 0.25) is 0 Å². The summed E-state index contributed by atoms with van der Waals surface area (Å²) in [4.78, 5) is 10.4. The molecule has 0 aliphatic carbocycles. The molecular weight excluding hydrogens is 645 g/mol. The van der Waals surface area contributed by atoms with Gasteiger partial charge in [-0.1, -0.05) is 152 Å². The topological polar surface area (TPSA) is 38.9 Å². The van der Waals surface area contributed by atoms with E-state index < -0.39 is 0 Å². The molecule has 11 aromatic rings. The number of aromatic nitrogens is 2. The molecule has 0 aliphatic heterocycles. The summed E-state index contributed by atoms with van der Waals surface area (Å²) in [7, 11) is 0. The molecule has 0 unspecified atom stereocenters. The summed E-state index contributed by atoms with van der Waals surface area (Å²) in [6.45, 7) is 0. The molecule has 0 N–H and O–H groups in total. The minimum Gasteiger partial charge on any atom is -0.455 e. The molecule has 0 atom stereocenters. The van der Waals surface area contributed by atoms with Crippen LogP contribution < -0.4 is 0 Å². The SMILES string of the molecule is c1ccc(-c2ccc3ccc4ccc(-c5cccc(-c6cc7c(oc8cccc(-c9cccc%10ccccc9%10)c87)c7ccccc67)c5)nc4c3n2)cc1. The fourth-order valence-corrected chi connectivity index (χ4v) is 8.12. The van der Waals surface area contributed by atoms with Crippen LogP contribution in [-0.2, 0) is 0 Å². The van der Waals surface area contributed by atoms with E-state index in [0.717, 1.165) is 88.2 Å². The van der Waals surface area contributed by atoms with E-state index in [-0.39, 0.29) is 0 Å². The standard InChI is InChI=1S/C50H30N2O/c1-2-12-32(13-3-1)44-27-25-33-23-24-34-26-28-45(52-49(34)48(33)51-44)36-16-8-15-35(29-36)42-30-43-47-40(38-20-9-14-31-11-4-5-17-37(31)38)21-10-22-46(47)53-50(43)41-19-7-6-18-39(41)42/h1-30H. The number of furan rings is 1. The van der Waals surface area contributed by atoms with Crippen LogP contribution in [0.25, 0.3) is 110 Å². The van der Waals surface area contributed by atoms with Crippen LogP contribution in [0.3, 0.4) is 0 Å². The second-order valence-corrected chi connectivity index (χ2v) is 13.7. The minimum atomic E-state index is 0.887. The fourth-order valence-electron chi connectivity index (χ4n) is 8.12. The smallest absolute Gasteiger partial charge is 0.143 e. The van der Waals surface area contributed by atoms with Crippen LogP contribution in [-0.4, -0.2) is 9.97 Å². The van der Waals surface area contributed by atoms with Gasteiger partial charge in [0.05, 0.1) is 22.4 Å². The van der Waals surface area contributed by atoms with Crippen molar-refractivity contribution in [3.8, 4) is 44.8 Å². The zero-order valence-corrected chi connectivity index (χ0v) is 28.6. The van der Waals surface area contributed by atoms with Crippen molar-refractivity contribution < 1.29 is 4.42 Å². The highest BCUT2D eigenvalue weighted by atomic mass is 16.3. The highest BCUT2D eigenvalue weighted by molar-refractivity contribution is 6.23. The molecule has 0 radical (unpaired) electrons.